The van der Waals surface area contributed by atoms with E-state index in [1.54, 1.807) is 24.3 Å². The number of nitro groups is 1. The third kappa shape index (κ3) is 6.67. The molecule has 3 aromatic carbocycles. The van der Waals surface area contributed by atoms with Crippen molar-refractivity contribution in [2.75, 3.05) is 6.61 Å². The predicted molar refractivity (Wildman–Crippen MR) is 154 cm³/mol. The molecular formula is C25H18Br2IN3O6. The van der Waals surface area contributed by atoms with Crippen LogP contribution >= 0.6 is 54.5 Å². The molecule has 9 nitrogen and oxygen atoms in total. The van der Waals surface area contributed by atoms with Crippen molar-refractivity contribution in [2.45, 2.75) is 13.5 Å². The number of hydrogen-bond donors (Lipinski definition) is 1. The molecule has 0 bridgehead atoms. The Kier molecular flexibility index (Phi) is 8.82. The van der Waals surface area contributed by atoms with Gasteiger partial charge in [-0.3, -0.25) is 14.9 Å². The zero-order valence-electron chi connectivity index (χ0n) is 19.2. The number of nitrogens with zero attached hydrogens (tertiary/aromatic N) is 2. The SMILES string of the molecule is CCOc1cc(/C=N\NC(=O)c2cc3cc(Br)cc(Br)c3o2)cc(I)c1OCc1cccc([N+](=O)[O-])c1. The highest BCUT2D eigenvalue weighted by atomic mass is 127. The molecule has 4 rings (SSSR count). The number of nitrogens with one attached hydrogen (secondary N) is 1. The summed E-state index contributed by atoms with van der Waals surface area (Å²) in [6.07, 6.45) is 1.49. The molecule has 0 radical (unpaired) electrons. The highest BCUT2D eigenvalue weighted by Gasteiger charge is 2.15. The smallest absolute Gasteiger partial charge is 0.307 e. The van der Waals surface area contributed by atoms with Crippen LogP contribution in [0, 0.1) is 13.7 Å². The third-order valence-corrected chi connectivity index (χ3v) is 6.82. The van der Waals surface area contributed by atoms with Crippen LogP contribution in [-0.4, -0.2) is 23.7 Å². The second-order valence-corrected chi connectivity index (χ2v) is 10.5. The summed E-state index contributed by atoms with van der Waals surface area (Å²) in [6.45, 7) is 2.38. The van der Waals surface area contributed by atoms with Crippen LogP contribution in [0.25, 0.3) is 11.0 Å². The summed E-state index contributed by atoms with van der Waals surface area (Å²) in [7, 11) is 0. The molecule has 0 saturated heterocycles. The highest BCUT2D eigenvalue weighted by molar-refractivity contribution is 14.1. The number of amides is 1. The summed E-state index contributed by atoms with van der Waals surface area (Å²) >= 11 is 8.95. The number of ether oxygens (including phenoxy) is 2. The van der Waals surface area contributed by atoms with Gasteiger partial charge in [0.05, 0.1) is 25.8 Å². The fraction of sp³-hybridized carbons (Fsp3) is 0.120. The maximum absolute atomic E-state index is 12.5. The van der Waals surface area contributed by atoms with Gasteiger partial charge in [-0.1, -0.05) is 28.1 Å². The summed E-state index contributed by atoms with van der Waals surface area (Å²) in [5, 5.41) is 15.9. The van der Waals surface area contributed by atoms with E-state index in [2.05, 4.69) is 65.0 Å². The number of carbonyl (C=O) groups is 1. The second-order valence-electron chi connectivity index (χ2n) is 7.59. The molecule has 0 aliphatic rings. The summed E-state index contributed by atoms with van der Waals surface area (Å²) < 4.78 is 19.7. The largest absolute Gasteiger partial charge is 0.490 e. The standard InChI is InChI=1S/C25H18Br2IN3O6/c1-2-35-21-8-15(7-20(28)24(21)36-13-14-4-3-5-18(6-14)31(33)34)12-29-30-25(32)22-10-16-9-17(26)11-19(27)23(16)37-22/h3-12H,2,13H2,1H3,(H,30,32)/b29-12-. The van der Waals surface area contributed by atoms with Gasteiger partial charge in [0, 0.05) is 22.0 Å². The molecule has 190 valence electrons. The molecular weight excluding hydrogens is 725 g/mol. The van der Waals surface area contributed by atoms with Gasteiger partial charge in [-0.05, 0) is 86.9 Å². The minimum Gasteiger partial charge on any atom is -0.490 e. The number of fused-ring (bicyclic) bond motifs is 1. The van der Waals surface area contributed by atoms with E-state index >= 15 is 0 Å². The Morgan fingerprint density at radius 1 is 1.19 bits per heavy atom. The maximum Gasteiger partial charge on any atom is 0.307 e. The molecule has 4 aromatic rings. The monoisotopic (exact) mass is 741 g/mol. The first kappa shape index (κ1) is 27.1. The molecule has 1 N–H and O–H groups in total. The summed E-state index contributed by atoms with van der Waals surface area (Å²) in [4.78, 5) is 23.1. The predicted octanol–water partition coefficient (Wildman–Crippen LogP) is 7.21. The molecule has 0 atom stereocenters. The molecule has 1 amide bonds. The lowest BCUT2D eigenvalue weighted by molar-refractivity contribution is -0.384. The fourth-order valence-corrected chi connectivity index (χ4v) is 5.51. The Morgan fingerprint density at radius 2 is 2.00 bits per heavy atom. The molecule has 0 spiro atoms. The Bertz CT molecular complexity index is 1520. The number of hydrazone groups is 1. The van der Waals surface area contributed by atoms with E-state index in [1.165, 1.54) is 18.3 Å². The summed E-state index contributed by atoms with van der Waals surface area (Å²) in [5.41, 5.74) is 4.36. The average molecular weight is 743 g/mol. The molecule has 0 fully saturated rings. The van der Waals surface area contributed by atoms with Gasteiger partial charge in [-0.15, -0.1) is 0 Å². The normalized spacial score (nSPS) is 11.1. The van der Waals surface area contributed by atoms with Gasteiger partial charge >= 0.3 is 5.91 Å². The Hall–Kier alpha value is -2.97. The van der Waals surface area contributed by atoms with E-state index in [0.717, 1.165) is 17.9 Å². The van der Waals surface area contributed by atoms with Crippen molar-refractivity contribution in [1.29, 1.82) is 0 Å². The van der Waals surface area contributed by atoms with Crippen LogP contribution < -0.4 is 14.9 Å². The van der Waals surface area contributed by atoms with E-state index in [0.29, 0.717) is 34.8 Å². The summed E-state index contributed by atoms with van der Waals surface area (Å²) in [6, 6.07) is 15.1. The lowest BCUT2D eigenvalue weighted by Gasteiger charge is -2.14. The van der Waals surface area contributed by atoms with Crippen molar-refractivity contribution < 1.29 is 23.6 Å². The van der Waals surface area contributed by atoms with Gasteiger partial charge < -0.3 is 13.9 Å². The van der Waals surface area contributed by atoms with Crippen LogP contribution in [0.3, 0.4) is 0 Å². The zero-order chi connectivity index (χ0) is 26.5. The first-order valence-electron chi connectivity index (χ1n) is 10.8. The maximum atomic E-state index is 12.5. The van der Waals surface area contributed by atoms with Gasteiger partial charge in [0.15, 0.2) is 17.3 Å². The van der Waals surface area contributed by atoms with E-state index in [9.17, 15) is 14.9 Å². The Morgan fingerprint density at radius 3 is 2.76 bits per heavy atom. The third-order valence-electron chi connectivity index (χ3n) is 4.98. The van der Waals surface area contributed by atoms with Gasteiger partial charge in [0.1, 0.15) is 12.2 Å². The molecule has 1 aromatic heterocycles. The zero-order valence-corrected chi connectivity index (χ0v) is 24.5. The van der Waals surface area contributed by atoms with Crippen LogP contribution in [0.4, 0.5) is 5.69 Å². The van der Waals surface area contributed by atoms with E-state index in [-0.39, 0.29) is 18.1 Å². The van der Waals surface area contributed by atoms with Crippen LogP contribution in [0.1, 0.15) is 28.6 Å². The molecule has 1 heterocycles. The van der Waals surface area contributed by atoms with Crippen LogP contribution in [0.5, 0.6) is 11.5 Å². The van der Waals surface area contributed by atoms with Crippen molar-refractivity contribution >= 4 is 83.2 Å². The van der Waals surface area contributed by atoms with Crippen molar-refractivity contribution in [3.8, 4) is 11.5 Å². The molecule has 0 saturated carbocycles. The molecule has 12 heteroatoms. The summed E-state index contributed by atoms with van der Waals surface area (Å²) in [5.74, 6) is 0.627. The lowest BCUT2D eigenvalue weighted by atomic mass is 10.2. The number of halogens is 3. The van der Waals surface area contributed by atoms with E-state index in [1.807, 2.05) is 25.1 Å². The van der Waals surface area contributed by atoms with Crippen LogP contribution in [-0.2, 0) is 6.61 Å². The quantitative estimate of drug-likeness (QED) is 0.0839. The number of carbonyl (C=O) groups excluding carboxylic acids is 1. The Labute approximate surface area is 241 Å². The minimum absolute atomic E-state index is 0.00223. The Balaban J connectivity index is 1.48. The number of hydrogen-bond acceptors (Lipinski definition) is 7. The molecule has 37 heavy (non-hydrogen) atoms. The second kappa shape index (κ2) is 12.0. The van der Waals surface area contributed by atoms with E-state index in [4.69, 9.17) is 13.9 Å². The number of nitro benzene ring substituents is 1. The van der Waals surface area contributed by atoms with Crippen LogP contribution in [0.15, 0.2) is 73.1 Å². The van der Waals surface area contributed by atoms with Crippen molar-refractivity contribution in [3.05, 3.63) is 94.1 Å². The molecule has 0 aliphatic carbocycles. The lowest BCUT2D eigenvalue weighted by Crippen LogP contribution is -2.16. The average Bonchev–Trinajstić information content (AvgIpc) is 3.28. The van der Waals surface area contributed by atoms with Crippen molar-refractivity contribution in [2.24, 2.45) is 5.10 Å². The topological polar surface area (TPSA) is 116 Å². The first-order chi connectivity index (χ1) is 17.7. The number of furan rings is 1. The van der Waals surface area contributed by atoms with E-state index < -0.39 is 10.8 Å². The van der Waals surface area contributed by atoms with Gasteiger partial charge in [0.25, 0.3) is 5.69 Å². The number of non-ortho nitro benzene ring substituents is 1. The minimum atomic E-state index is -0.493. The molecule has 0 aliphatic heterocycles. The first-order valence-corrected chi connectivity index (χ1v) is 13.5. The van der Waals surface area contributed by atoms with Crippen LogP contribution in [0.2, 0.25) is 0 Å². The number of rotatable bonds is 9. The van der Waals surface area contributed by atoms with Crippen molar-refractivity contribution in [3.63, 3.8) is 0 Å². The number of benzene rings is 3. The molecule has 0 unspecified atom stereocenters. The fourth-order valence-electron chi connectivity index (χ4n) is 3.39. The van der Waals surface area contributed by atoms with Gasteiger partial charge in [-0.25, -0.2) is 5.43 Å². The van der Waals surface area contributed by atoms with Crippen molar-refractivity contribution in [1.82, 2.24) is 5.43 Å². The van der Waals surface area contributed by atoms with Gasteiger partial charge in [-0.2, -0.15) is 5.10 Å². The van der Waals surface area contributed by atoms with Gasteiger partial charge in [0.2, 0.25) is 0 Å². The highest BCUT2D eigenvalue weighted by Crippen LogP contribution is 2.35.